The molecule has 2 nitrogen and oxygen atoms in total. The van der Waals surface area contributed by atoms with Crippen molar-refractivity contribution in [3.05, 3.63) is 70.2 Å². The Morgan fingerprint density at radius 1 is 0.800 bits per heavy atom. The van der Waals surface area contributed by atoms with Gasteiger partial charge in [-0.2, -0.15) is 0 Å². The van der Waals surface area contributed by atoms with Crippen LogP contribution < -0.4 is 0 Å². The molecule has 0 unspecified atom stereocenters. The lowest BCUT2D eigenvalue weighted by Gasteiger charge is -2.22. The second kappa shape index (κ2) is 7.58. The van der Waals surface area contributed by atoms with Crippen molar-refractivity contribution in [2.24, 2.45) is 0 Å². The summed E-state index contributed by atoms with van der Waals surface area (Å²) in [5.41, 5.74) is 2.34. The second-order valence-corrected chi connectivity index (χ2v) is 5.56. The van der Waals surface area contributed by atoms with Gasteiger partial charge in [-0.3, -0.25) is 0 Å². The fourth-order valence-corrected chi connectivity index (χ4v) is 2.54. The van der Waals surface area contributed by atoms with Crippen LogP contribution in [0.2, 0.25) is 0 Å². The first-order valence-electron chi connectivity index (χ1n) is 6.60. The molecule has 0 bridgehead atoms. The molecule has 0 saturated heterocycles. The highest BCUT2D eigenvalue weighted by molar-refractivity contribution is 9.10. The average molecular weight is 335 g/mol. The molecule has 0 saturated carbocycles. The van der Waals surface area contributed by atoms with Crippen molar-refractivity contribution >= 4 is 15.9 Å². The van der Waals surface area contributed by atoms with Crippen LogP contribution in [0, 0.1) is 0 Å². The summed E-state index contributed by atoms with van der Waals surface area (Å²) >= 11 is 3.45. The van der Waals surface area contributed by atoms with Gasteiger partial charge in [0.2, 0.25) is 0 Å². The number of benzene rings is 2. The minimum Gasteiger partial charge on any atom is -0.377 e. The predicted octanol–water partition coefficient (Wildman–Crippen LogP) is 4.91. The lowest BCUT2D eigenvalue weighted by molar-refractivity contribution is 0.0207. The number of methoxy groups -OCH3 is 2. The molecule has 2 atom stereocenters. The van der Waals surface area contributed by atoms with Gasteiger partial charge in [0.15, 0.2) is 0 Å². The van der Waals surface area contributed by atoms with E-state index in [0.29, 0.717) is 0 Å². The van der Waals surface area contributed by atoms with Crippen LogP contribution in [0.5, 0.6) is 0 Å². The van der Waals surface area contributed by atoms with Crippen molar-refractivity contribution in [2.45, 2.75) is 18.6 Å². The largest absolute Gasteiger partial charge is 0.377 e. The first-order valence-corrected chi connectivity index (χ1v) is 7.40. The summed E-state index contributed by atoms with van der Waals surface area (Å²) in [5, 5.41) is 0. The molecule has 0 heterocycles. The van der Waals surface area contributed by atoms with Gasteiger partial charge in [0.05, 0.1) is 12.2 Å². The molecule has 0 aliphatic rings. The third-order valence-electron chi connectivity index (χ3n) is 3.41. The lowest BCUT2D eigenvalue weighted by atomic mass is 9.98. The summed E-state index contributed by atoms with van der Waals surface area (Å²) in [4.78, 5) is 0. The standard InChI is InChI=1S/C17H19BrO2/c1-19-16(13-6-4-3-5-7-13)12-17(20-2)14-8-10-15(18)11-9-14/h3-11,16-17H,12H2,1-2H3/t16-,17-/m0/s1. The minimum absolute atomic E-state index is 0.0215. The SMILES string of the molecule is CO[C@@H](C[C@H](OC)c1ccc(Br)cc1)c1ccccc1. The van der Waals surface area contributed by atoms with Crippen LogP contribution in [0.25, 0.3) is 0 Å². The van der Waals surface area contributed by atoms with Gasteiger partial charge in [0, 0.05) is 25.1 Å². The molecule has 3 heteroatoms. The van der Waals surface area contributed by atoms with Gasteiger partial charge in [-0.15, -0.1) is 0 Å². The average Bonchev–Trinajstić information content (AvgIpc) is 2.51. The summed E-state index contributed by atoms with van der Waals surface area (Å²) in [6, 6.07) is 18.5. The molecule has 0 amide bonds. The van der Waals surface area contributed by atoms with E-state index in [1.807, 2.05) is 30.3 Å². The Morgan fingerprint density at radius 3 is 1.80 bits per heavy atom. The maximum Gasteiger partial charge on any atom is 0.0849 e. The molecule has 0 aromatic heterocycles. The van der Waals surface area contributed by atoms with Gasteiger partial charge in [0.1, 0.15) is 0 Å². The second-order valence-electron chi connectivity index (χ2n) is 4.65. The number of rotatable bonds is 6. The zero-order valence-corrected chi connectivity index (χ0v) is 13.3. The molecule has 20 heavy (non-hydrogen) atoms. The monoisotopic (exact) mass is 334 g/mol. The molecule has 0 fully saturated rings. The summed E-state index contributed by atoms with van der Waals surface area (Å²) in [6.07, 6.45) is 0.844. The van der Waals surface area contributed by atoms with Gasteiger partial charge in [-0.25, -0.2) is 0 Å². The van der Waals surface area contributed by atoms with Crippen LogP contribution >= 0.6 is 15.9 Å². The van der Waals surface area contributed by atoms with Crippen molar-refractivity contribution in [1.82, 2.24) is 0 Å². The number of ether oxygens (including phenoxy) is 2. The predicted molar refractivity (Wildman–Crippen MR) is 84.7 cm³/mol. The summed E-state index contributed by atoms with van der Waals surface area (Å²) in [6.45, 7) is 0. The van der Waals surface area contributed by atoms with Crippen LogP contribution in [0.15, 0.2) is 59.1 Å². The quantitative estimate of drug-likeness (QED) is 0.746. The van der Waals surface area contributed by atoms with E-state index in [-0.39, 0.29) is 12.2 Å². The highest BCUT2D eigenvalue weighted by atomic mass is 79.9. The molecular weight excluding hydrogens is 316 g/mol. The van der Waals surface area contributed by atoms with E-state index in [0.717, 1.165) is 16.5 Å². The van der Waals surface area contributed by atoms with E-state index in [2.05, 4.69) is 40.2 Å². The number of halogens is 1. The fourth-order valence-electron chi connectivity index (χ4n) is 2.28. The van der Waals surface area contributed by atoms with Gasteiger partial charge in [0.25, 0.3) is 0 Å². The van der Waals surface area contributed by atoms with Gasteiger partial charge in [-0.05, 0) is 23.3 Å². The third-order valence-corrected chi connectivity index (χ3v) is 3.94. The topological polar surface area (TPSA) is 18.5 Å². The van der Waals surface area contributed by atoms with Crippen molar-refractivity contribution in [1.29, 1.82) is 0 Å². The van der Waals surface area contributed by atoms with Crippen LogP contribution in [-0.4, -0.2) is 14.2 Å². The molecule has 2 aromatic carbocycles. The lowest BCUT2D eigenvalue weighted by Crippen LogP contribution is -2.10. The highest BCUT2D eigenvalue weighted by Crippen LogP contribution is 2.31. The normalized spacial score (nSPS) is 13.9. The number of hydrogen-bond acceptors (Lipinski definition) is 2. The molecular formula is C17H19BrO2. The Balaban J connectivity index is 2.14. The summed E-state index contributed by atoms with van der Waals surface area (Å²) in [5.74, 6) is 0. The molecule has 0 aliphatic heterocycles. The Labute approximate surface area is 128 Å². The maximum atomic E-state index is 5.63. The van der Waals surface area contributed by atoms with Crippen LogP contribution in [0.3, 0.4) is 0 Å². The highest BCUT2D eigenvalue weighted by Gasteiger charge is 2.19. The van der Waals surface area contributed by atoms with Crippen molar-refractivity contribution in [3.8, 4) is 0 Å². The first kappa shape index (κ1) is 15.2. The number of hydrogen-bond donors (Lipinski definition) is 0. The van der Waals surface area contributed by atoms with Crippen molar-refractivity contribution in [2.75, 3.05) is 14.2 Å². The molecule has 0 spiro atoms. The molecule has 0 radical (unpaired) electrons. The van der Waals surface area contributed by atoms with E-state index < -0.39 is 0 Å². The minimum atomic E-state index is 0.0215. The van der Waals surface area contributed by atoms with Crippen LogP contribution in [0.1, 0.15) is 29.8 Å². The van der Waals surface area contributed by atoms with Crippen molar-refractivity contribution < 1.29 is 9.47 Å². The summed E-state index contributed by atoms with van der Waals surface area (Å²) in [7, 11) is 3.48. The van der Waals surface area contributed by atoms with E-state index in [1.165, 1.54) is 5.56 Å². The van der Waals surface area contributed by atoms with E-state index in [4.69, 9.17) is 9.47 Å². The van der Waals surface area contributed by atoms with E-state index in [9.17, 15) is 0 Å². The van der Waals surface area contributed by atoms with Crippen LogP contribution in [0.4, 0.5) is 0 Å². The van der Waals surface area contributed by atoms with Crippen molar-refractivity contribution in [3.63, 3.8) is 0 Å². The van der Waals surface area contributed by atoms with Gasteiger partial charge in [-0.1, -0.05) is 58.4 Å². The molecule has 2 aromatic rings. The van der Waals surface area contributed by atoms with Gasteiger partial charge < -0.3 is 9.47 Å². The van der Waals surface area contributed by atoms with Crippen LogP contribution in [-0.2, 0) is 9.47 Å². The Bertz CT molecular complexity index is 510. The molecule has 0 aliphatic carbocycles. The molecule has 0 N–H and O–H groups in total. The Kier molecular flexibility index (Phi) is 5.77. The molecule has 2 rings (SSSR count). The third kappa shape index (κ3) is 3.92. The Morgan fingerprint density at radius 2 is 1.30 bits per heavy atom. The van der Waals surface area contributed by atoms with E-state index >= 15 is 0 Å². The smallest absolute Gasteiger partial charge is 0.0849 e. The Hall–Kier alpha value is -1.16. The first-order chi connectivity index (χ1) is 9.74. The fraction of sp³-hybridized carbons (Fsp3) is 0.294. The zero-order valence-electron chi connectivity index (χ0n) is 11.8. The van der Waals surface area contributed by atoms with E-state index in [1.54, 1.807) is 14.2 Å². The van der Waals surface area contributed by atoms with Gasteiger partial charge >= 0.3 is 0 Å². The summed E-state index contributed by atoms with van der Waals surface area (Å²) < 4.78 is 12.3. The zero-order chi connectivity index (χ0) is 14.4. The molecule has 106 valence electrons. The maximum absolute atomic E-state index is 5.63.